The number of benzene rings is 2. The Labute approximate surface area is 242 Å². The monoisotopic (exact) mass is 550 g/mol. The Morgan fingerprint density at radius 1 is 0.500 bits per heavy atom. The van der Waals surface area contributed by atoms with Gasteiger partial charge in [-0.2, -0.15) is 0 Å². The summed E-state index contributed by atoms with van der Waals surface area (Å²) in [5, 5.41) is 0. The number of rotatable bonds is 20. The van der Waals surface area contributed by atoms with Gasteiger partial charge in [0.25, 0.3) is 0 Å². The number of hydrogen-bond donors (Lipinski definition) is 0. The maximum Gasteiger partial charge on any atom is 0.142 e. The fourth-order valence-corrected chi connectivity index (χ4v) is 4.42. The second kappa shape index (κ2) is 21.8. The van der Waals surface area contributed by atoms with Crippen LogP contribution >= 0.6 is 0 Å². The average molecular weight is 551 g/mol. The van der Waals surface area contributed by atoms with Crippen molar-refractivity contribution < 1.29 is 18.3 Å². The molecule has 0 heterocycles. The highest BCUT2D eigenvalue weighted by atomic mass is 19.1. The van der Waals surface area contributed by atoms with Crippen molar-refractivity contribution in [2.24, 2.45) is 0 Å². The van der Waals surface area contributed by atoms with E-state index in [4.69, 9.17) is 9.47 Å². The van der Waals surface area contributed by atoms with E-state index in [1.807, 2.05) is 0 Å². The maximum absolute atomic E-state index is 14.4. The van der Waals surface area contributed by atoms with E-state index in [9.17, 15) is 8.78 Å². The van der Waals surface area contributed by atoms with Crippen molar-refractivity contribution in [2.75, 3.05) is 13.2 Å². The van der Waals surface area contributed by atoms with E-state index in [2.05, 4.69) is 37.5 Å². The quantitative estimate of drug-likeness (QED) is 0.121. The lowest BCUT2D eigenvalue weighted by Crippen LogP contribution is -1.98. The molecule has 2 nitrogen and oxygen atoms in total. The predicted molar refractivity (Wildman–Crippen MR) is 163 cm³/mol. The van der Waals surface area contributed by atoms with Gasteiger partial charge in [0, 0.05) is 12.1 Å². The van der Waals surface area contributed by atoms with Gasteiger partial charge in [0.1, 0.15) is 23.1 Å². The van der Waals surface area contributed by atoms with Gasteiger partial charge in [0.15, 0.2) is 0 Å². The standard InChI is InChI=1S/C36H48F2O2/c1-3-5-7-9-11-13-15-19-27-39-33-25-23-31(35(37)29-33)21-17-18-22-32-24-26-34(30-36(32)38)40-28-20-16-14-12-10-8-6-4-2/h23-26,29-30H,3-16,19-20,27-28H2,1-2H3. The molecule has 0 spiro atoms. The van der Waals surface area contributed by atoms with Crippen LogP contribution in [0.3, 0.4) is 0 Å². The van der Waals surface area contributed by atoms with Crippen LogP contribution in [-0.2, 0) is 0 Å². The fourth-order valence-electron chi connectivity index (χ4n) is 4.42. The maximum atomic E-state index is 14.4. The number of halogens is 2. The molecular weight excluding hydrogens is 502 g/mol. The van der Waals surface area contributed by atoms with Gasteiger partial charge in [-0.3, -0.25) is 0 Å². The van der Waals surface area contributed by atoms with Crippen molar-refractivity contribution in [3.8, 4) is 35.2 Å². The van der Waals surface area contributed by atoms with Crippen LogP contribution in [0, 0.1) is 35.3 Å². The van der Waals surface area contributed by atoms with Gasteiger partial charge in [-0.25, -0.2) is 8.78 Å². The first kappa shape index (κ1) is 33.2. The lowest BCUT2D eigenvalue weighted by atomic mass is 10.1. The summed E-state index contributed by atoms with van der Waals surface area (Å²) in [6, 6.07) is 9.33. The summed E-state index contributed by atoms with van der Waals surface area (Å²) in [5.41, 5.74) is 0.470. The third-order valence-electron chi connectivity index (χ3n) is 6.87. The molecule has 0 aromatic heterocycles. The summed E-state index contributed by atoms with van der Waals surface area (Å²) in [5.74, 6) is 10.7. The Hall–Kier alpha value is -2.98. The highest BCUT2D eigenvalue weighted by Crippen LogP contribution is 2.18. The Balaban J connectivity index is 1.70. The molecule has 0 aliphatic carbocycles. The molecular formula is C36H48F2O2. The molecule has 0 atom stereocenters. The normalized spacial score (nSPS) is 10.4. The van der Waals surface area contributed by atoms with E-state index in [-0.39, 0.29) is 11.1 Å². The molecule has 0 unspecified atom stereocenters. The van der Waals surface area contributed by atoms with Gasteiger partial charge in [-0.05, 0) is 60.8 Å². The molecule has 4 heteroatoms. The molecule has 0 saturated heterocycles. The minimum atomic E-state index is -0.452. The molecule has 0 bridgehead atoms. The SMILES string of the molecule is CCCCCCCCCCOc1ccc(C#CC#Cc2ccc(OCCCCCCCCCC)cc2F)c(F)c1. The Morgan fingerprint density at radius 2 is 0.850 bits per heavy atom. The molecule has 0 saturated carbocycles. The Kier molecular flexibility index (Phi) is 18.1. The second-order valence-electron chi connectivity index (χ2n) is 10.4. The van der Waals surface area contributed by atoms with E-state index < -0.39 is 11.6 Å². The van der Waals surface area contributed by atoms with E-state index in [0.29, 0.717) is 24.7 Å². The fraction of sp³-hybridized carbons (Fsp3) is 0.556. The lowest BCUT2D eigenvalue weighted by Gasteiger charge is -2.07. The molecule has 0 radical (unpaired) electrons. The van der Waals surface area contributed by atoms with Crippen molar-refractivity contribution in [3.05, 3.63) is 59.2 Å². The van der Waals surface area contributed by atoms with Crippen LogP contribution in [0.15, 0.2) is 36.4 Å². The summed E-state index contributed by atoms with van der Waals surface area (Å²) in [6.45, 7) is 5.62. The number of hydrogen-bond acceptors (Lipinski definition) is 2. The zero-order valence-electron chi connectivity index (χ0n) is 24.8. The van der Waals surface area contributed by atoms with E-state index >= 15 is 0 Å². The van der Waals surface area contributed by atoms with Gasteiger partial charge in [0.2, 0.25) is 0 Å². The Morgan fingerprint density at radius 3 is 1.20 bits per heavy atom. The first-order chi connectivity index (χ1) is 19.6. The van der Waals surface area contributed by atoms with Gasteiger partial charge >= 0.3 is 0 Å². The van der Waals surface area contributed by atoms with E-state index in [0.717, 1.165) is 25.7 Å². The summed E-state index contributed by atoms with van der Waals surface area (Å²) in [6.07, 6.45) is 19.6. The summed E-state index contributed by atoms with van der Waals surface area (Å²) in [4.78, 5) is 0. The predicted octanol–water partition coefficient (Wildman–Crippen LogP) is 10.4. The van der Waals surface area contributed by atoms with E-state index in [1.54, 1.807) is 24.3 Å². The number of unbranched alkanes of at least 4 members (excludes halogenated alkanes) is 14. The van der Waals surface area contributed by atoms with Crippen molar-refractivity contribution in [3.63, 3.8) is 0 Å². The first-order valence-electron chi connectivity index (χ1n) is 15.5. The molecule has 0 aliphatic heterocycles. The smallest absolute Gasteiger partial charge is 0.142 e. The summed E-state index contributed by atoms with van der Waals surface area (Å²) < 4.78 is 40.2. The molecule has 0 N–H and O–H groups in total. The molecule has 0 fully saturated rings. The third kappa shape index (κ3) is 15.0. The molecule has 0 aliphatic rings. The largest absolute Gasteiger partial charge is 0.493 e. The van der Waals surface area contributed by atoms with Crippen LogP contribution in [0.25, 0.3) is 0 Å². The average Bonchev–Trinajstić information content (AvgIpc) is 2.95. The molecule has 40 heavy (non-hydrogen) atoms. The molecule has 218 valence electrons. The van der Waals surface area contributed by atoms with Crippen LogP contribution in [0.5, 0.6) is 11.5 Å². The topological polar surface area (TPSA) is 18.5 Å². The highest BCUT2D eigenvalue weighted by molar-refractivity contribution is 5.47. The molecule has 2 aromatic rings. The minimum absolute atomic E-state index is 0.235. The summed E-state index contributed by atoms with van der Waals surface area (Å²) >= 11 is 0. The van der Waals surface area contributed by atoms with Crippen LogP contribution < -0.4 is 9.47 Å². The molecule has 2 rings (SSSR count). The van der Waals surface area contributed by atoms with Crippen molar-refractivity contribution in [1.29, 1.82) is 0 Å². The lowest BCUT2D eigenvalue weighted by molar-refractivity contribution is 0.302. The third-order valence-corrected chi connectivity index (χ3v) is 6.87. The van der Waals surface area contributed by atoms with Crippen LogP contribution in [-0.4, -0.2) is 13.2 Å². The van der Waals surface area contributed by atoms with Crippen molar-refractivity contribution in [1.82, 2.24) is 0 Å². The highest BCUT2D eigenvalue weighted by Gasteiger charge is 2.04. The van der Waals surface area contributed by atoms with Gasteiger partial charge in [-0.1, -0.05) is 104 Å². The summed E-state index contributed by atoms with van der Waals surface area (Å²) in [7, 11) is 0. The Bertz CT molecular complexity index is 1000. The van der Waals surface area contributed by atoms with Crippen molar-refractivity contribution >= 4 is 0 Å². The van der Waals surface area contributed by atoms with Crippen LogP contribution in [0.4, 0.5) is 8.78 Å². The zero-order chi connectivity index (χ0) is 28.7. The van der Waals surface area contributed by atoms with Gasteiger partial charge < -0.3 is 9.47 Å². The number of ether oxygens (including phenoxy) is 2. The van der Waals surface area contributed by atoms with Gasteiger partial charge in [-0.15, -0.1) is 0 Å². The minimum Gasteiger partial charge on any atom is -0.493 e. The zero-order valence-corrected chi connectivity index (χ0v) is 24.8. The van der Waals surface area contributed by atoms with Gasteiger partial charge in [0.05, 0.1) is 24.3 Å². The van der Waals surface area contributed by atoms with Crippen LogP contribution in [0.2, 0.25) is 0 Å². The first-order valence-corrected chi connectivity index (χ1v) is 15.5. The second-order valence-corrected chi connectivity index (χ2v) is 10.4. The molecule has 2 aromatic carbocycles. The van der Waals surface area contributed by atoms with E-state index in [1.165, 1.54) is 89.2 Å². The van der Waals surface area contributed by atoms with Crippen LogP contribution in [0.1, 0.15) is 128 Å². The molecule has 0 amide bonds. The van der Waals surface area contributed by atoms with Crippen molar-refractivity contribution in [2.45, 2.75) is 117 Å².